The van der Waals surface area contributed by atoms with Gasteiger partial charge < -0.3 is 74.7 Å². The van der Waals surface area contributed by atoms with E-state index in [4.69, 9.17) is 0 Å². The van der Waals surface area contributed by atoms with Crippen LogP contribution in [-0.4, -0.2) is 198 Å². The van der Waals surface area contributed by atoms with E-state index in [9.17, 15) is 93.3 Å². The Morgan fingerprint density at radius 3 is 1.27 bits per heavy atom. The van der Waals surface area contributed by atoms with Crippen LogP contribution in [0.25, 0.3) is 0 Å². The topological polar surface area (TPSA) is 466 Å². The largest absolute Gasteiger partial charge is 0.480 e. The van der Waals surface area contributed by atoms with Gasteiger partial charge in [-0.05, 0) is 88.5 Å². The first-order valence-electron chi connectivity index (χ1n) is 35.8. The lowest BCUT2D eigenvalue weighted by Gasteiger charge is -2.49. The third-order valence-corrected chi connectivity index (χ3v) is 22.3. The maximum atomic E-state index is 12.6. The average Bonchev–Trinajstić information content (AvgIpc) is 1.01. The first-order chi connectivity index (χ1) is 53.8. The van der Waals surface area contributed by atoms with Crippen molar-refractivity contribution in [2.24, 2.45) is 21.8 Å². The summed E-state index contributed by atoms with van der Waals surface area (Å²) in [7, 11) is 0. The molecule has 32 heteroatoms. The van der Waals surface area contributed by atoms with Crippen LogP contribution >= 0.6 is 47.0 Å². The number of carbonyl (C=O) groups is 12. The highest BCUT2D eigenvalue weighted by molar-refractivity contribution is 8.01. The zero-order valence-corrected chi connectivity index (χ0v) is 64.7. The van der Waals surface area contributed by atoms with Gasteiger partial charge in [0, 0.05) is 23.0 Å². The minimum Gasteiger partial charge on any atom is -0.480 e. The zero-order valence-electron chi connectivity index (χ0n) is 61.4. The first-order valence-corrected chi connectivity index (χ1v) is 40.0. The molecule has 8 atom stereocenters. The third kappa shape index (κ3) is 30.3. The number of fused-ring (bicyclic) bond motifs is 1. The molecule has 5 aliphatic heterocycles. The Hall–Kier alpha value is -11.1. The third-order valence-electron chi connectivity index (χ3n) is 17.4. The van der Waals surface area contributed by atoms with Gasteiger partial charge in [0.1, 0.15) is 50.4 Å². The van der Waals surface area contributed by atoms with Gasteiger partial charge in [0.2, 0.25) is 23.6 Å². The standard InChI is InChI=1S/C21H24N2O5S.C20H22N2O5S.C20H21N2O5S.C20H20N2O4S.3CH4.H2O/c1-2-3-4-8-11-15-13-29-19(23-17(15)20(25)26)18(21(27)28)22-16(24)12-14-9-6-5-7-10-14;23-15(10-13-4-2-1-3-5-13)21-17(20(26)27)18-22-16(19(24)25)14(11-28-18)9-8-12-6-7-12;1-2-3-5-10-14-12-28-18(22-16(14)19(24)25)17(20(26)27)21-15(23)11-13-8-6-4-7-9-13;23-15(10-13-4-2-1-3-5-13)21-16-18(24)22-17(20(25)26)14(11-27-19(16)22)9-8-12-6-7-12;;;;/h4-11,18-19H,2-3,12-13H2,1H3,(H,22,24)(H,25,26)(H,27,28);1-5,8-9,12,17-18,22H,6-7,10-11H2,(H,21,23)(H,24,25)(H,26,27);3-10,17-18H,1-2,11-12H2,(H,21,23)(H,24,25)(H,26,27);1-5,8-9,12,16,19H,6-7,10-11H2,(H,21,23)(H,25,26);3*1H4;1H2/q;;-1;;;;;/b8-4+,15-11+;9-8+;5-3+,14-10+;9-8+;;;;. The molecule has 0 aromatic heterocycles. The van der Waals surface area contributed by atoms with Crippen molar-refractivity contribution >= 4 is 130 Å². The number of carbonyl (C=O) groups excluding carboxylic acids is 5. The normalized spacial score (nSPS) is 20.1. The minimum atomic E-state index is -1.33. The van der Waals surface area contributed by atoms with Crippen LogP contribution in [0, 0.1) is 18.8 Å². The molecule has 8 unspecified atom stereocenters. The Morgan fingerprint density at radius 1 is 0.509 bits per heavy atom. The molecule has 116 heavy (non-hydrogen) atoms. The SMILES string of the molecule is C.C.C.CCC/C=C/C=C1\CSC(C(NC(=O)Cc2ccccc2)C(=O)O)N=C1C(=O)O.O.O=C(Cc1ccccc1)NC(C(=O)O)C1NC(C(=O)O)=C(/C=C/C2CC2)CS1.O=C(Cc1ccccc1)NC1C(=O)N2C(C(=O)O)=C(/C=C/C3CC3)CSC12.[CH2-]C/C=C/C=C1\CSC(C(NC(=O)Cc2ccccc2)C(=O)O)N=C1C(=O)O. The predicted octanol–water partition coefficient (Wildman–Crippen LogP) is 9.57. The summed E-state index contributed by atoms with van der Waals surface area (Å²) in [5.41, 5.74) is 5.11. The van der Waals surface area contributed by atoms with E-state index in [-0.39, 0.29) is 99.2 Å². The van der Waals surface area contributed by atoms with Crippen molar-refractivity contribution in [2.75, 3.05) is 23.0 Å². The summed E-state index contributed by atoms with van der Waals surface area (Å²) in [4.78, 5) is 153. The van der Waals surface area contributed by atoms with Gasteiger partial charge >= 0.3 is 41.8 Å². The lowest BCUT2D eigenvalue weighted by molar-refractivity contribution is -0.150. The minimum absolute atomic E-state index is 0. The molecule has 5 amide bonds. The molecule has 5 heterocycles. The first kappa shape index (κ1) is 97.3. The molecule has 3 fully saturated rings. The van der Waals surface area contributed by atoms with Crippen molar-refractivity contribution < 1.29 is 98.8 Å². The van der Waals surface area contributed by atoms with E-state index in [1.807, 2.05) is 79.8 Å². The van der Waals surface area contributed by atoms with E-state index in [1.165, 1.54) is 51.9 Å². The van der Waals surface area contributed by atoms with Crippen molar-refractivity contribution in [2.45, 2.75) is 145 Å². The van der Waals surface area contributed by atoms with Crippen LogP contribution in [0.1, 0.15) is 96.4 Å². The molecular weight excluding hydrogens is 1570 g/mol. The summed E-state index contributed by atoms with van der Waals surface area (Å²) in [6.07, 6.45) is 25.4. The zero-order chi connectivity index (χ0) is 80.8. The van der Waals surface area contributed by atoms with Gasteiger partial charge in [-0.2, -0.15) is 6.42 Å². The number of amides is 5. The fourth-order valence-corrected chi connectivity index (χ4v) is 16.2. The number of hydrogen-bond acceptors (Lipinski definition) is 19. The van der Waals surface area contributed by atoms with Gasteiger partial charge in [-0.3, -0.25) is 38.9 Å². The number of aliphatic imine (C=N–C) groups is 2. The Bertz CT molecular complexity index is 4430. The summed E-state index contributed by atoms with van der Waals surface area (Å²) in [6.45, 7) is 5.70. The van der Waals surface area contributed by atoms with E-state index in [0.29, 0.717) is 57.8 Å². The highest BCUT2D eigenvalue weighted by atomic mass is 32.2. The van der Waals surface area contributed by atoms with E-state index in [0.717, 1.165) is 60.8 Å². The van der Waals surface area contributed by atoms with E-state index < -0.39 is 99.8 Å². The maximum Gasteiger partial charge on any atom is 0.354 e. The lowest BCUT2D eigenvalue weighted by Crippen LogP contribution is -2.70. The van der Waals surface area contributed by atoms with Crippen molar-refractivity contribution in [3.05, 3.63) is 245 Å². The van der Waals surface area contributed by atoms with Gasteiger partial charge in [-0.25, -0.2) is 33.6 Å². The highest BCUT2D eigenvalue weighted by Crippen LogP contribution is 2.42. The van der Waals surface area contributed by atoms with Crippen molar-refractivity contribution in [3.63, 3.8) is 0 Å². The lowest BCUT2D eigenvalue weighted by atomic mass is 10.0. The summed E-state index contributed by atoms with van der Waals surface area (Å²) < 4.78 is 0. The molecular formula is C84H101N8O20S4-. The number of hydrogen-bond donors (Lipinski definition) is 12. The van der Waals surface area contributed by atoms with Crippen molar-refractivity contribution in [1.29, 1.82) is 0 Å². The Morgan fingerprint density at radius 2 is 0.897 bits per heavy atom. The van der Waals surface area contributed by atoms with Crippen LogP contribution in [0.4, 0.5) is 0 Å². The number of allylic oxidation sites excluding steroid dienone is 10. The second-order valence-electron chi connectivity index (χ2n) is 26.2. The molecule has 2 saturated carbocycles. The predicted molar refractivity (Wildman–Crippen MR) is 453 cm³/mol. The molecule has 4 aromatic rings. The number of carboxylic acid groups (broad SMARTS) is 7. The van der Waals surface area contributed by atoms with Crippen molar-refractivity contribution in [3.8, 4) is 0 Å². The van der Waals surface area contributed by atoms with Crippen LogP contribution in [0.3, 0.4) is 0 Å². The van der Waals surface area contributed by atoms with Crippen LogP contribution in [-0.2, 0) is 83.2 Å². The number of thioether (sulfide) groups is 4. The van der Waals surface area contributed by atoms with E-state index in [1.54, 1.807) is 109 Å². The number of aliphatic carboxylic acids is 7. The second-order valence-corrected chi connectivity index (χ2v) is 30.6. The fourth-order valence-electron chi connectivity index (χ4n) is 11.4. The van der Waals surface area contributed by atoms with Crippen molar-refractivity contribution in [1.82, 2.24) is 31.5 Å². The monoisotopic (exact) mass is 1670 g/mol. The summed E-state index contributed by atoms with van der Waals surface area (Å²) in [5.74, 6) is -7.89. The second kappa shape index (κ2) is 49.0. The molecule has 28 nitrogen and oxygen atoms in total. The highest BCUT2D eigenvalue weighted by Gasteiger charge is 2.54. The van der Waals surface area contributed by atoms with Gasteiger partial charge in [0.05, 0.1) is 25.7 Å². The van der Waals surface area contributed by atoms with Gasteiger partial charge in [0.25, 0.3) is 5.91 Å². The van der Waals surface area contributed by atoms with Crippen LogP contribution in [0.5, 0.6) is 0 Å². The molecule has 0 radical (unpaired) electrons. The molecule has 1 saturated heterocycles. The van der Waals surface area contributed by atoms with Gasteiger partial charge in [-0.1, -0.05) is 212 Å². The number of carboxylic acids is 7. The summed E-state index contributed by atoms with van der Waals surface area (Å²) >= 11 is 5.13. The molecule has 0 bridgehead atoms. The number of rotatable bonds is 31. The van der Waals surface area contributed by atoms with Gasteiger partial charge in [-0.15, -0.1) is 53.1 Å². The molecule has 622 valence electrons. The molecule has 7 aliphatic rings. The van der Waals surface area contributed by atoms with Crippen LogP contribution in [0.15, 0.2) is 226 Å². The summed E-state index contributed by atoms with van der Waals surface area (Å²) in [6, 6.07) is 31.6. The van der Waals surface area contributed by atoms with Crippen LogP contribution in [0.2, 0.25) is 0 Å². The molecule has 11 rings (SSSR count). The number of nitrogens with one attached hydrogen (secondary N) is 5. The number of benzene rings is 4. The van der Waals surface area contributed by atoms with Gasteiger partial charge in [0.15, 0.2) is 18.1 Å². The fraction of sp³-hybridized carbons (Fsp3) is 0.345. The molecule has 0 spiro atoms. The van der Waals surface area contributed by atoms with E-state index >= 15 is 0 Å². The molecule has 14 N–H and O–H groups in total. The smallest absolute Gasteiger partial charge is 0.354 e. The molecule has 2 aliphatic carbocycles. The number of unbranched alkanes of at least 4 members (excludes halogenated alkanes) is 1. The summed E-state index contributed by atoms with van der Waals surface area (Å²) in [5, 5.41) is 76.7. The Kier molecular flexibility index (Phi) is 41.1. The Balaban J connectivity index is 0.000000322. The van der Waals surface area contributed by atoms with E-state index in [2.05, 4.69) is 43.5 Å². The average molecular weight is 1670 g/mol. The number of nitrogens with zero attached hydrogens (tertiary/aromatic N) is 3. The molecule has 4 aromatic carbocycles. The quantitative estimate of drug-likeness (QED) is 0.0165. The van der Waals surface area contributed by atoms with Crippen LogP contribution < -0.4 is 26.6 Å². The number of β-lactam (4-membered cyclic amide) rings is 1. The maximum absolute atomic E-state index is 12.6. The Labute approximate surface area is 691 Å².